The van der Waals surface area contributed by atoms with Crippen molar-refractivity contribution in [3.05, 3.63) is 40.7 Å². The van der Waals surface area contributed by atoms with Gasteiger partial charge in [0.15, 0.2) is 5.69 Å². The molecule has 0 spiro atoms. The van der Waals surface area contributed by atoms with Crippen LogP contribution in [-0.4, -0.2) is 102 Å². The van der Waals surface area contributed by atoms with E-state index in [1.54, 1.807) is 7.11 Å². The molecule has 2 amide bonds. The van der Waals surface area contributed by atoms with Crippen molar-refractivity contribution >= 4 is 11.8 Å². The number of piperidine rings is 1. The summed E-state index contributed by atoms with van der Waals surface area (Å²) in [6.07, 6.45) is 6.47. The van der Waals surface area contributed by atoms with Crippen molar-refractivity contribution < 1.29 is 19.1 Å². The lowest BCUT2D eigenvalue weighted by Crippen LogP contribution is -2.56. The van der Waals surface area contributed by atoms with Crippen LogP contribution in [0.15, 0.2) is 18.2 Å². The molecule has 2 saturated heterocycles. The Kier molecular flexibility index (Phi) is 10.1. The van der Waals surface area contributed by atoms with Gasteiger partial charge in [-0.05, 0) is 74.1 Å². The van der Waals surface area contributed by atoms with E-state index in [0.29, 0.717) is 71.1 Å². The van der Waals surface area contributed by atoms with E-state index in [1.165, 1.54) is 17.5 Å². The maximum Gasteiger partial charge on any atom is 0.276 e. The van der Waals surface area contributed by atoms with Crippen molar-refractivity contribution in [1.29, 1.82) is 0 Å². The first kappa shape index (κ1) is 29.7. The highest BCUT2D eigenvalue weighted by atomic mass is 16.5. The number of carbonyl (C=O) groups excluding carboxylic acids is 2. The highest BCUT2D eigenvalue weighted by Gasteiger charge is 2.37. The second kappa shape index (κ2) is 13.9. The van der Waals surface area contributed by atoms with Crippen molar-refractivity contribution in [1.82, 2.24) is 30.1 Å². The third-order valence-corrected chi connectivity index (χ3v) is 8.57. The van der Waals surface area contributed by atoms with E-state index in [-0.39, 0.29) is 29.7 Å². The molecule has 0 bridgehead atoms. The van der Waals surface area contributed by atoms with Crippen molar-refractivity contribution in [2.24, 2.45) is 11.8 Å². The van der Waals surface area contributed by atoms with Crippen molar-refractivity contribution in [3.8, 4) is 5.69 Å². The third-order valence-electron chi connectivity index (χ3n) is 8.57. The number of hydrogen-bond donors (Lipinski definition) is 1. The van der Waals surface area contributed by atoms with Crippen molar-refractivity contribution in [2.75, 3.05) is 59.7 Å². The molecule has 41 heavy (non-hydrogen) atoms. The number of ether oxygens (including phenoxy) is 2. The van der Waals surface area contributed by atoms with Gasteiger partial charge in [0.2, 0.25) is 5.91 Å². The van der Waals surface area contributed by atoms with Crippen molar-refractivity contribution in [3.63, 3.8) is 0 Å². The van der Waals surface area contributed by atoms with E-state index < -0.39 is 0 Å². The Morgan fingerprint density at radius 2 is 1.95 bits per heavy atom. The first-order valence-electron chi connectivity index (χ1n) is 15.4. The summed E-state index contributed by atoms with van der Waals surface area (Å²) in [4.78, 5) is 31.5. The largest absolute Gasteiger partial charge is 0.385 e. The first-order chi connectivity index (χ1) is 20.0. The van der Waals surface area contributed by atoms with Gasteiger partial charge in [0, 0.05) is 52.5 Å². The number of methoxy groups -OCH3 is 1. The average Bonchev–Trinajstić information content (AvgIpc) is 3.64. The molecule has 2 fully saturated rings. The Balaban J connectivity index is 1.41. The zero-order valence-electron chi connectivity index (χ0n) is 24.9. The molecule has 2 aromatic rings. The number of amides is 2. The van der Waals surface area contributed by atoms with Gasteiger partial charge in [-0.1, -0.05) is 25.1 Å². The number of carbonyl (C=O) groups is 2. The fourth-order valence-electron chi connectivity index (χ4n) is 6.44. The Bertz CT molecular complexity index is 1190. The molecule has 1 aromatic carbocycles. The molecule has 1 aliphatic carbocycles. The fraction of sp³-hybridized carbons (Fsp3) is 0.677. The molecule has 10 heteroatoms. The van der Waals surface area contributed by atoms with E-state index in [9.17, 15) is 9.59 Å². The molecular formula is C31H46N6O4. The van der Waals surface area contributed by atoms with Crippen LogP contribution in [-0.2, 0) is 33.5 Å². The monoisotopic (exact) mass is 566 g/mol. The maximum atomic E-state index is 14.3. The van der Waals surface area contributed by atoms with Gasteiger partial charge >= 0.3 is 0 Å². The number of fused-ring (bicyclic) bond motifs is 1. The summed E-state index contributed by atoms with van der Waals surface area (Å²) < 4.78 is 12.6. The van der Waals surface area contributed by atoms with E-state index in [2.05, 4.69) is 47.7 Å². The summed E-state index contributed by atoms with van der Waals surface area (Å²) in [7, 11) is 1.71. The minimum atomic E-state index is -0.162. The second-order valence-electron chi connectivity index (χ2n) is 12.1. The van der Waals surface area contributed by atoms with Crippen molar-refractivity contribution in [2.45, 2.75) is 64.8 Å². The number of nitrogens with zero attached hydrogens (tertiary/aromatic N) is 5. The number of unbranched alkanes of at least 4 members (excludes halogenated alkanes) is 1. The summed E-state index contributed by atoms with van der Waals surface area (Å²) in [5.74, 6) is 0.166. The summed E-state index contributed by atoms with van der Waals surface area (Å²) in [6, 6.07) is 6.41. The smallest absolute Gasteiger partial charge is 0.276 e. The molecule has 3 heterocycles. The second-order valence-corrected chi connectivity index (χ2v) is 12.1. The number of morpholine rings is 1. The van der Waals surface area contributed by atoms with Gasteiger partial charge in [0.05, 0.1) is 30.5 Å². The molecule has 3 aliphatic rings. The van der Waals surface area contributed by atoms with Gasteiger partial charge in [0.1, 0.15) is 0 Å². The topological polar surface area (TPSA) is 102 Å². The van der Waals surface area contributed by atoms with Gasteiger partial charge in [-0.15, -0.1) is 5.10 Å². The van der Waals surface area contributed by atoms with Gasteiger partial charge in [-0.25, -0.2) is 4.68 Å². The molecule has 224 valence electrons. The van der Waals surface area contributed by atoms with Crippen LogP contribution < -0.4 is 5.32 Å². The van der Waals surface area contributed by atoms with Gasteiger partial charge < -0.3 is 24.6 Å². The molecule has 2 aliphatic heterocycles. The number of benzene rings is 1. The van der Waals surface area contributed by atoms with E-state index in [0.717, 1.165) is 37.1 Å². The number of hydrogen-bond acceptors (Lipinski definition) is 7. The third kappa shape index (κ3) is 6.98. The minimum absolute atomic E-state index is 0.0971. The lowest BCUT2D eigenvalue weighted by molar-refractivity contribution is -0.140. The lowest BCUT2D eigenvalue weighted by Gasteiger charge is -2.40. The number of aryl methyl sites for hydroxylation is 2. The van der Waals surface area contributed by atoms with Crippen LogP contribution in [0.25, 0.3) is 5.69 Å². The predicted molar refractivity (Wildman–Crippen MR) is 156 cm³/mol. The average molecular weight is 567 g/mol. The van der Waals surface area contributed by atoms with E-state index in [1.807, 2.05) is 14.5 Å². The zero-order valence-corrected chi connectivity index (χ0v) is 24.9. The van der Waals surface area contributed by atoms with E-state index in [4.69, 9.17) is 9.47 Å². The number of rotatable bonds is 11. The zero-order chi connectivity index (χ0) is 28.8. The standard InChI is InChI=1S/C31H46N6O4/c1-22(2)21-36(27-18-25(19-32-20-27)30(38)35-12-15-41-16-13-35)31(39)29-28(9-4-5-14-40-3)37(34-33-29)26-11-10-23-7-6-8-24(23)17-26/h10-11,17,22,25,27,32H,4-9,12-16,18-21H2,1-3H3/t25?,27-/m0/s1. The first-order valence-corrected chi connectivity index (χ1v) is 15.4. The molecule has 1 unspecified atom stereocenters. The molecule has 5 rings (SSSR count). The Morgan fingerprint density at radius 1 is 1.15 bits per heavy atom. The molecule has 0 saturated carbocycles. The lowest BCUT2D eigenvalue weighted by atomic mass is 9.92. The van der Waals surface area contributed by atoms with Gasteiger partial charge in [-0.2, -0.15) is 0 Å². The van der Waals surface area contributed by atoms with Gasteiger partial charge in [-0.3, -0.25) is 9.59 Å². The molecular weight excluding hydrogens is 520 g/mol. The summed E-state index contributed by atoms with van der Waals surface area (Å²) >= 11 is 0. The van der Waals surface area contributed by atoms with Crippen LogP contribution in [0.1, 0.15) is 66.8 Å². The normalized spacial score (nSPS) is 20.8. The Morgan fingerprint density at radius 3 is 2.73 bits per heavy atom. The van der Waals surface area contributed by atoms with Crippen LogP contribution in [0, 0.1) is 11.8 Å². The molecule has 0 radical (unpaired) electrons. The van der Waals surface area contributed by atoms with Gasteiger partial charge in [0.25, 0.3) is 5.91 Å². The quantitative estimate of drug-likeness (QED) is 0.418. The van der Waals surface area contributed by atoms with Crippen LogP contribution in [0.5, 0.6) is 0 Å². The Labute approximate surface area is 243 Å². The summed E-state index contributed by atoms with van der Waals surface area (Å²) in [5.41, 5.74) is 5.00. The van der Waals surface area contributed by atoms with Crippen LogP contribution in [0.3, 0.4) is 0 Å². The fourth-order valence-corrected chi connectivity index (χ4v) is 6.44. The highest BCUT2D eigenvalue weighted by molar-refractivity contribution is 5.94. The van der Waals surface area contributed by atoms with E-state index >= 15 is 0 Å². The summed E-state index contributed by atoms with van der Waals surface area (Å²) in [6.45, 7) is 9.25. The van der Waals surface area contributed by atoms with Crippen LogP contribution in [0.2, 0.25) is 0 Å². The number of nitrogens with one attached hydrogen (secondary N) is 1. The van der Waals surface area contributed by atoms with Crippen LogP contribution >= 0.6 is 0 Å². The minimum Gasteiger partial charge on any atom is -0.385 e. The molecule has 1 N–H and O–H groups in total. The summed E-state index contributed by atoms with van der Waals surface area (Å²) in [5, 5.41) is 12.5. The predicted octanol–water partition coefficient (Wildman–Crippen LogP) is 2.66. The highest BCUT2D eigenvalue weighted by Crippen LogP contribution is 2.27. The molecule has 2 atom stereocenters. The molecule has 1 aromatic heterocycles. The van der Waals surface area contributed by atoms with Crippen LogP contribution in [0.4, 0.5) is 0 Å². The SMILES string of the molecule is COCCCCc1c(C(=O)N(CC(C)C)[C@@H]2CNCC(C(=O)N3CCOCC3)C2)nnn1-c1ccc2c(c1)CCC2. The molecule has 10 nitrogen and oxygen atoms in total. The maximum absolute atomic E-state index is 14.3. The Hall–Kier alpha value is -2.82. The number of aromatic nitrogens is 3.